The fourth-order valence-corrected chi connectivity index (χ4v) is 1.24. The molecule has 0 bridgehead atoms. The molecule has 0 aromatic heterocycles. The molecule has 0 aliphatic carbocycles. The summed E-state index contributed by atoms with van der Waals surface area (Å²) in [6.07, 6.45) is 0. The monoisotopic (exact) mass is 284 g/mol. The standard InChI is InChI=1S/C8H4BrClF2O2/c9-5-2-1-4(3-6(5)10)8(11,12)7(13)14/h1-3H,(H,13,14). The van der Waals surface area contributed by atoms with E-state index in [1.807, 2.05) is 0 Å². The smallest absolute Gasteiger partial charge is 0.379 e. The van der Waals surface area contributed by atoms with Crippen LogP contribution in [0.15, 0.2) is 22.7 Å². The molecule has 0 fully saturated rings. The Morgan fingerprint density at radius 3 is 2.50 bits per heavy atom. The summed E-state index contributed by atoms with van der Waals surface area (Å²) in [6, 6.07) is 3.19. The molecule has 76 valence electrons. The van der Waals surface area contributed by atoms with Gasteiger partial charge < -0.3 is 5.11 Å². The van der Waals surface area contributed by atoms with Crippen LogP contribution in [0.3, 0.4) is 0 Å². The molecule has 0 atom stereocenters. The highest BCUT2D eigenvalue weighted by Crippen LogP contribution is 2.32. The largest absolute Gasteiger partial charge is 0.477 e. The second-order valence-electron chi connectivity index (χ2n) is 2.51. The first-order valence-corrected chi connectivity index (χ1v) is 4.59. The van der Waals surface area contributed by atoms with Crippen molar-refractivity contribution in [2.45, 2.75) is 5.92 Å². The van der Waals surface area contributed by atoms with Crippen molar-refractivity contribution in [1.82, 2.24) is 0 Å². The summed E-state index contributed by atoms with van der Waals surface area (Å²) in [5.41, 5.74) is -0.641. The van der Waals surface area contributed by atoms with E-state index < -0.39 is 17.5 Å². The number of aliphatic carboxylic acids is 1. The van der Waals surface area contributed by atoms with Crippen molar-refractivity contribution in [1.29, 1.82) is 0 Å². The van der Waals surface area contributed by atoms with Gasteiger partial charge in [-0.2, -0.15) is 8.78 Å². The molecule has 1 rings (SSSR count). The van der Waals surface area contributed by atoms with E-state index >= 15 is 0 Å². The molecule has 2 nitrogen and oxygen atoms in total. The van der Waals surface area contributed by atoms with Gasteiger partial charge in [-0.1, -0.05) is 17.7 Å². The van der Waals surface area contributed by atoms with Crippen molar-refractivity contribution in [2.24, 2.45) is 0 Å². The minimum Gasteiger partial charge on any atom is -0.477 e. The van der Waals surface area contributed by atoms with E-state index in [1.165, 1.54) is 6.07 Å². The highest BCUT2D eigenvalue weighted by atomic mass is 79.9. The van der Waals surface area contributed by atoms with Crippen molar-refractivity contribution < 1.29 is 18.7 Å². The van der Waals surface area contributed by atoms with Crippen LogP contribution in [0.2, 0.25) is 5.02 Å². The predicted octanol–water partition coefficient (Wildman–Crippen LogP) is 3.28. The number of carboxylic acid groups (broad SMARTS) is 1. The third kappa shape index (κ3) is 2.04. The van der Waals surface area contributed by atoms with Gasteiger partial charge >= 0.3 is 11.9 Å². The Bertz CT molecular complexity index is 382. The normalized spacial score (nSPS) is 11.4. The van der Waals surface area contributed by atoms with Crippen LogP contribution in [-0.4, -0.2) is 11.1 Å². The quantitative estimate of drug-likeness (QED) is 0.905. The van der Waals surface area contributed by atoms with Crippen LogP contribution in [0.4, 0.5) is 8.78 Å². The van der Waals surface area contributed by atoms with Gasteiger partial charge in [0.25, 0.3) is 0 Å². The van der Waals surface area contributed by atoms with Crippen molar-refractivity contribution in [3.63, 3.8) is 0 Å². The topological polar surface area (TPSA) is 37.3 Å². The first kappa shape index (κ1) is 11.4. The lowest BCUT2D eigenvalue weighted by Gasteiger charge is -2.11. The van der Waals surface area contributed by atoms with Gasteiger partial charge in [0.05, 0.1) is 5.02 Å². The van der Waals surface area contributed by atoms with Crippen molar-refractivity contribution >= 4 is 33.5 Å². The molecule has 0 radical (unpaired) electrons. The Hall–Kier alpha value is -0.680. The molecule has 0 aliphatic rings. The Morgan fingerprint density at radius 2 is 2.07 bits per heavy atom. The third-order valence-corrected chi connectivity index (χ3v) is 2.78. The average molecular weight is 285 g/mol. The number of benzene rings is 1. The number of carboxylic acids is 1. The molecule has 1 aromatic carbocycles. The van der Waals surface area contributed by atoms with E-state index in [9.17, 15) is 13.6 Å². The molecule has 0 amide bonds. The SMILES string of the molecule is O=C(O)C(F)(F)c1ccc(Br)c(Cl)c1. The van der Waals surface area contributed by atoms with E-state index in [-0.39, 0.29) is 5.02 Å². The summed E-state index contributed by atoms with van der Waals surface area (Å²) in [5.74, 6) is -6.11. The maximum Gasteiger partial charge on any atom is 0.379 e. The summed E-state index contributed by atoms with van der Waals surface area (Å²) in [4.78, 5) is 10.2. The number of alkyl halides is 2. The maximum atomic E-state index is 12.9. The highest BCUT2D eigenvalue weighted by molar-refractivity contribution is 9.10. The van der Waals surface area contributed by atoms with Crippen LogP contribution >= 0.6 is 27.5 Å². The summed E-state index contributed by atoms with van der Waals surface area (Å²) in [5, 5.41) is 8.29. The molecule has 0 aliphatic heterocycles. The van der Waals surface area contributed by atoms with Gasteiger partial charge in [0, 0.05) is 10.0 Å². The molecule has 1 aromatic rings. The van der Waals surface area contributed by atoms with Crippen LogP contribution in [0.1, 0.15) is 5.56 Å². The number of rotatable bonds is 2. The maximum absolute atomic E-state index is 12.9. The predicted molar refractivity (Wildman–Crippen MR) is 50.7 cm³/mol. The van der Waals surface area contributed by atoms with E-state index in [4.69, 9.17) is 16.7 Å². The number of halogens is 4. The van der Waals surface area contributed by atoms with Crippen molar-refractivity contribution in [3.8, 4) is 0 Å². The molecule has 14 heavy (non-hydrogen) atoms. The van der Waals surface area contributed by atoms with Crippen molar-refractivity contribution in [3.05, 3.63) is 33.3 Å². The molecule has 0 saturated carbocycles. The van der Waals surface area contributed by atoms with Crippen LogP contribution in [0, 0.1) is 0 Å². The fourth-order valence-electron chi connectivity index (χ4n) is 0.815. The van der Waals surface area contributed by atoms with Gasteiger partial charge in [0.1, 0.15) is 0 Å². The minimum atomic E-state index is -3.91. The second-order valence-corrected chi connectivity index (χ2v) is 3.77. The van der Waals surface area contributed by atoms with E-state index in [2.05, 4.69) is 15.9 Å². The Balaban J connectivity index is 3.21. The van der Waals surface area contributed by atoms with Crippen LogP contribution in [-0.2, 0) is 10.7 Å². The second kappa shape index (κ2) is 3.82. The lowest BCUT2D eigenvalue weighted by Crippen LogP contribution is -2.25. The van der Waals surface area contributed by atoms with Gasteiger partial charge in [-0.05, 0) is 28.1 Å². The zero-order valence-corrected chi connectivity index (χ0v) is 8.94. The van der Waals surface area contributed by atoms with E-state index in [0.29, 0.717) is 4.47 Å². The summed E-state index contributed by atoms with van der Waals surface area (Å²) >= 11 is 8.56. The molecular weight excluding hydrogens is 281 g/mol. The van der Waals surface area contributed by atoms with Gasteiger partial charge in [0.15, 0.2) is 0 Å². The third-order valence-electron chi connectivity index (χ3n) is 1.55. The summed E-state index contributed by atoms with van der Waals surface area (Å²) in [7, 11) is 0. The first-order chi connectivity index (χ1) is 6.35. The molecule has 0 spiro atoms. The molecule has 0 saturated heterocycles. The minimum absolute atomic E-state index is 0.0448. The van der Waals surface area contributed by atoms with Crippen LogP contribution in [0.5, 0.6) is 0 Å². The fraction of sp³-hybridized carbons (Fsp3) is 0.125. The molecule has 0 unspecified atom stereocenters. The zero-order valence-electron chi connectivity index (χ0n) is 6.60. The van der Waals surface area contributed by atoms with Crippen molar-refractivity contribution in [2.75, 3.05) is 0 Å². The first-order valence-electron chi connectivity index (χ1n) is 3.42. The molecular formula is C8H4BrClF2O2. The van der Waals surface area contributed by atoms with Gasteiger partial charge in [-0.25, -0.2) is 4.79 Å². The number of carbonyl (C=O) groups is 1. The number of hydrogen-bond acceptors (Lipinski definition) is 1. The zero-order chi connectivity index (χ0) is 10.9. The molecule has 6 heteroatoms. The number of hydrogen-bond donors (Lipinski definition) is 1. The van der Waals surface area contributed by atoms with Crippen LogP contribution < -0.4 is 0 Å². The lowest BCUT2D eigenvalue weighted by molar-refractivity contribution is -0.166. The summed E-state index contributed by atoms with van der Waals surface area (Å²) < 4.78 is 26.3. The van der Waals surface area contributed by atoms with Gasteiger partial charge in [0.2, 0.25) is 0 Å². The Kier molecular flexibility index (Phi) is 3.11. The van der Waals surface area contributed by atoms with E-state index in [0.717, 1.165) is 12.1 Å². The highest BCUT2D eigenvalue weighted by Gasteiger charge is 2.41. The van der Waals surface area contributed by atoms with Gasteiger partial charge in [-0.15, -0.1) is 0 Å². The lowest BCUT2D eigenvalue weighted by atomic mass is 10.1. The van der Waals surface area contributed by atoms with E-state index in [1.54, 1.807) is 0 Å². The Morgan fingerprint density at radius 1 is 1.50 bits per heavy atom. The van der Waals surface area contributed by atoms with Gasteiger partial charge in [-0.3, -0.25) is 0 Å². The summed E-state index contributed by atoms with van der Waals surface area (Å²) in [6.45, 7) is 0. The van der Waals surface area contributed by atoms with Crippen LogP contribution in [0.25, 0.3) is 0 Å². The molecule has 1 N–H and O–H groups in total. The molecule has 0 heterocycles. The average Bonchev–Trinajstić information content (AvgIpc) is 2.09. The Labute approximate surface area is 91.6 Å².